The van der Waals surface area contributed by atoms with Crippen LogP contribution in [0.15, 0.2) is 54.2 Å². The molecule has 2 aromatic carbocycles. The highest BCUT2D eigenvalue weighted by molar-refractivity contribution is 6.36. The number of hydrogen-bond acceptors (Lipinski definition) is 6. The Kier molecular flexibility index (Phi) is 7.62. The fraction of sp³-hybridized carbons (Fsp3) is 0.292. The number of rotatable bonds is 10. The van der Waals surface area contributed by atoms with Gasteiger partial charge in [-0.25, -0.2) is 0 Å². The third-order valence-electron chi connectivity index (χ3n) is 4.78. The molecule has 0 aromatic heterocycles. The highest BCUT2D eigenvalue weighted by Crippen LogP contribution is 2.31. The Hall–Kier alpha value is -3.65. The molecule has 0 spiro atoms. The molecular formula is C24H27N3O5. The van der Waals surface area contributed by atoms with E-state index in [0.717, 1.165) is 6.42 Å². The Balaban J connectivity index is 1.92. The average Bonchev–Trinajstić information content (AvgIpc) is 3.01. The molecule has 1 aliphatic heterocycles. The summed E-state index contributed by atoms with van der Waals surface area (Å²) >= 11 is 0. The molecule has 1 heterocycles. The summed E-state index contributed by atoms with van der Waals surface area (Å²) < 4.78 is 10.7. The summed E-state index contributed by atoms with van der Waals surface area (Å²) in [5.41, 5.74) is 2.35. The zero-order chi connectivity index (χ0) is 23.1. The van der Waals surface area contributed by atoms with E-state index in [9.17, 15) is 14.4 Å². The van der Waals surface area contributed by atoms with Gasteiger partial charge in [0.25, 0.3) is 11.8 Å². The number of anilines is 2. The Labute approximate surface area is 187 Å². The number of hydrogen-bond donors (Lipinski definition) is 2. The minimum Gasteiger partial charge on any atom is -0.494 e. The summed E-state index contributed by atoms with van der Waals surface area (Å²) in [5.74, 6) is -0.273. The first kappa shape index (κ1) is 23.0. The number of nitrogens with one attached hydrogen (secondary N) is 2. The number of benzene rings is 2. The average molecular weight is 437 g/mol. The van der Waals surface area contributed by atoms with Crippen molar-refractivity contribution in [2.24, 2.45) is 0 Å². The first-order chi connectivity index (χ1) is 15.4. The molecular weight excluding hydrogens is 410 g/mol. The predicted octanol–water partition coefficient (Wildman–Crippen LogP) is 3.27. The fourth-order valence-electron chi connectivity index (χ4n) is 3.27. The van der Waals surface area contributed by atoms with E-state index >= 15 is 0 Å². The first-order valence-electron chi connectivity index (χ1n) is 10.4. The zero-order valence-electron chi connectivity index (χ0n) is 18.4. The second kappa shape index (κ2) is 10.6. The van der Waals surface area contributed by atoms with E-state index in [1.165, 1.54) is 18.9 Å². The van der Waals surface area contributed by atoms with E-state index < -0.39 is 5.91 Å². The molecule has 32 heavy (non-hydrogen) atoms. The molecule has 0 unspecified atom stereocenters. The minimum atomic E-state index is -0.417. The number of amides is 3. The molecule has 0 radical (unpaired) electrons. The molecule has 1 aliphatic rings. The van der Waals surface area contributed by atoms with Crippen molar-refractivity contribution in [3.8, 4) is 5.75 Å². The second-order valence-electron chi connectivity index (χ2n) is 7.26. The quantitative estimate of drug-likeness (QED) is 0.554. The van der Waals surface area contributed by atoms with Crippen LogP contribution in [-0.2, 0) is 19.1 Å². The molecule has 8 nitrogen and oxygen atoms in total. The summed E-state index contributed by atoms with van der Waals surface area (Å²) in [6.07, 6.45) is 0.892. The minimum absolute atomic E-state index is 0.155. The van der Waals surface area contributed by atoms with Crippen molar-refractivity contribution in [2.45, 2.75) is 20.3 Å². The van der Waals surface area contributed by atoms with Gasteiger partial charge >= 0.3 is 0 Å². The molecule has 168 valence electrons. The summed E-state index contributed by atoms with van der Waals surface area (Å²) in [6.45, 7) is 4.46. The molecule has 0 saturated carbocycles. The summed E-state index contributed by atoms with van der Waals surface area (Å²) in [5, 5.41) is 5.78. The topological polar surface area (TPSA) is 97.0 Å². The van der Waals surface area contributed by atoms with Gasteiger partial charge in [-0.1, -0.05) is 19.1 Å². The Morgan fingerprint density at radius 1 is 0.938 bits per heavy atom. The lowest BCUT2D eigenvalue weighted by molar-refractivity contribution is -0.137. The van der Waals surface area contributed by atoms with Gasteiger partial charge in [0, 0.05) is 25.4 Å². The van der Waals surface area contributed by atoms with Crippen molar-refractivity contribution in [1.82, 2.24) is 4.90 Å². The number of nitrogens with zero attached hydrogens (tertiary/aromatic N) is 1. The van der Waals surface area contributed by atoms with Gasteiger partial charge in [0.15, 0.2) is 0 Å². The van der Waals surface area contributed by atoms with Crippen LogP contribution < -0.4 is 15.4 Å². The zero-order valence-corrected chi connectivity index (χ0v) is 18.4. The van der Waals surface area contributed by atoms with E-state index in [0.29, 0.717) is 34.9 Å². The summed E-state index contributed by atoms with van der Waals surface area (Å²) in [4.78, 5) is 38.6. The predicted molar refractivity (Wildman–Crippen MR) is 122 cm³/mol. The Bertz CT molecular complexity index is 1010. The van der Waals surface area contributed by atoms with Gasteiger partial charge in [-0.2, -0.15) is 0 Å². The van der Waals surface area contributed by atoms with Crippen molar-refractivity contribution in [2.75, 3.05) is 37.5 Å². The van der Waals surface area contributed by atoms with Crippen LogP contribution in [0.1, 0.15) is 25.8 Å². The van der Waals surface area contributed by atoms with Crippen molar-refractivity contribution in [3.05, 3.63) is 59.8 Å². The first-order valence-corrected chi connectivity index (χ1v) is 10.4. The maximum Gasteiger partial charge on any atom is 0.278 e. The molecule has 2 aromatic rings. The van der Waals surface area contributed by atoms with Gasteiger partial charge in [-0.05, 0) is 48.4 Å². The molecule has 8 heteroatoms. The van der Waals surface area contributed by atoms with Gasteiger partial charge in [0.05, 0.1) is 25.3 Å². The van der Waals surface area contributed by atoms with Crippen LogP contribution in [0, 0.1) is 0 Å². The van der Waals surface area contributed by atoms with E-state index in [4.69, 9.17) is 9.47 Å². The van der Waals surface area contributed by atoms with Gasteiger partial charge in [-0.15, -0.1) is 0 Å². The lowest BCUT2D eigenvalue weighted by atomic mass is 10.0. The maximum atomic E-state index is 13.1. The van der Waals surface area contributed by atoms with E-state index in [-0.39, 0.29) is 30.7 Å². The number of ether oxygens (including phenoxy) is 2. The van der Waals surface area contributed by atoms with Gasteiger partial charge in [0.1, 0.15) is 11.4 Å². The SMILES string of the molecule is CCCOc1ccc(C2=C(Nc3ccc(NC(C)=O)cc3)C(=O)N(CCOC)C2=O)cc1. The fourth-order valence-corrected chi connectivity index (χ4v) is 3.27. The molecule has 0 atom stereocenters. The van der Waals surface area contributed by atoms with E-state index in [1.807, 2.05) is 6.92 Å². The largest absolute Gasteiger partial charge is 0.494 e. The molecule has 0 bridgehead atoms. The Morgan fingerprint density at radius 3 is 2.19 bits per heavy atom. The van der Waals surface area contributed by atoms with Crippen molar-refractivity contribution >= 4 is 34.7 Å². The highest BCUT2D eigenvalue weighted by atomic mass is 16.5. The van der Waals surface area contributed by atoms with Crippen LogP contribution >= 0.6 is 0 Å². The molecule has 3 rings (SSSR count). The molecule has 3 amide bonds. The monoisotopic (exact) mass is 437 g/mol. The van der Waals surface area contributed by atoms with E-state index in [2.05, 4.69) is 10.6 Å². The van der Waals surface area contributed by atoms with Gasteiger partial charge < -0.3 is 20.1 Å². The van der Waals surface area contributed by atoms with E-state index in [1.54, 1.807) is 48.5 Å². The third-order valence-corrected chi connectivity index (χ3v) is 4.78. The standard InChI is InChI=1S/C24H27N3O5/c1-4-14-32-20-11-5-17(6-12-20)21-22(24(30)27(23(21)29)13-15-31-3)26-19-9-7-18(8-10-19)25-16(2)28/h5-12,26H,4,13-15H2,1-3H3,(H,25,28). The van der Waals surface area contributed by atoms with Crippen LogP contribution in [0.4, 0.5) is 11.4 Å². The second-order valence-corrected chi connectivity index (χ2v) is 7.26. The smallest absolute Gasteiger partial charge is 0.278 e. The van der Waals surface area contributed by atoms with Crippen molar-refractivity contribution in [1.29, 1.82) is 0 Å². The van der Waals surface area contributed by atoms with Crippen LogP contribution in [0.3, 0.4) is 0 Å². The number of carbonyl (C=O) groups excluding carboxylic acids is 3. The molecule has 0 aliphatic carbocycles. The summed E-state index contributed by atoms with van der Waals surface area (Å²) in [6, 6.07) is 14.0. The van der Waals surface area contributed by atoms with Crippen molar-refractivity contribution < 1.29 is 23.9 Å². The normalized spacial score (nSPS) is 13.5. The maximum absolute atomic E-state index is 13.1. The number of carbonyl (C=O) groups is 3. The molecule has 0 fully saturated rings. The van der Waals surface area contributed by atoms with Crippen LogP contribution in [0.2, 0.25) is 0 Å². The van der Waals surface area contributed by atoms with Gasteiger partial charge in [0.2, 0.25) is 5.91 Å². The highest BCUT2D eigenvalue weighted by Gasteiger charge is 2.38. The van der Waals surface area contributed by atoms with Crippen LogP contribution in [0.25, 0.3) is 5.57 Å². The lowest BCUT2D eigenvalue weighted by Crippen LogP contribution is -2.35. The lowest BCUT2D eigenvalue weighted by Gasteiger charge is -2.14. The van der Waals surface area contributed by atoms with Gasteiger partial charge in [-0.3, -0.25) is 19.3 Å². The van der Waals surface area contributed by atoms with Crippen molar-refractivity contribution in [3.63, 3.8) is 0 Å². The third kappa shape index (κ3) is 5.33. The number of imide groups is 1. The Morgan fingerprint density at radius 2 is 1.59 bits per heavy atom. The summed E-state index contributed by atoms with van der Waals surface area (Å²) in [7, 11) is 1.52. The molecule has 2 N–H and O–H groups in total. The van der Waals surface area contributed by atoms with Crippen LogP contribution in [-0.4, -0.2) is 49.5 Å². The number of methoxy groups -OCH3 is 1. The van der Waals surface area contributed by atoms with Crippen LogP contribution in [0.5, 0.6) is 5.75 Å². The molecule has 0 saturated heterocycles.